The van der Waals surface area contributed by atoms with Gasteiger partial charge in [0.05, 0.1) is 6.10 Å². The Labute approximate surface area is 116 Å². The van der Waals surface area contributed by atoms with Crippen molar-refractivity contribution in [3.63, 3.8) is 0 Å². The van der Waals surface area contributed by atoms with E-state index in [9.17, 15) is 4.79 Å². The standard InChI is InChI=1S/C13H19BrN2O2/c1-9(2)18-12-7-10(6-11(14)8-12)13(17)16-5-3-4-15/h6-9H,3-5,15H2,1-2H3,(H,16,17). The normalized spacial score (nSPS) is 10.5. The van der Waals surface area contributed by atoms with Gasteiger partial charge in [0.25, 0.3) is 5.91 Å². The molecule has 0 aromatic heterocycles. The second-order valence-corrected chi connectivity index (χ2v) is 5.16. The zero-order valence-corrected chi connectivity index (χ0v) is 12.3. The Hall–Kier alpha value is -1.07. The summed E-state index contributed by atoms with van der Waals surface area (Å²) in [6.07, 6.45) is 0.849. The average Bonchev–Trinajstić information content (AvgIpc) is 2.27. The zero-order chi connectivity index (χ0) is 13.5. The fraction of sp³-hybridized carbons (Fsp3) is 0.462. The van der Waals surface area contributed by atoms with E-state index < -0.39 is 0 Å². The quantitative estimate of drug-likeness (QED) is 0.792. The number of ether oxygens (including phenoxy) is 1. The Morgan fingerprint density at radius 3 is 2.78 bits per heavy atom. The van der Waals surface area contributed by atoms with Gasteiger partial charge in [-0.2, -0.15) is 0 Å². The van der Waals surface area contributed by atoms with Crippen LogP contribution in [0.1, 0.15) is 30.6 Å². The molecule has 1 aromatic carbocycles. The van der Waals surface area contributed by atoms with Gasteiger partial charge in [-0.15, -0.1) is 0 Å². The molecule has 0 radical (unpaired) electrons. The average molecular weight is 315 g/mol. The highest BCUT2D eigenvalue weighted by molar-refractivity contribution is 9.10. The van der Waals surface area contributed by atoms with Gasteiger partial charge >= 0.3 is 0 Å². The summed E-state index contributed by atoms with van der Waals surface area (Å²) in [5.41, 5.74) is 5.96. The van der Waals surface area contributed by atoms with Crippen molar-refractivity contribution in [1.29, 1.82) is 0 Å². The maximum atomic E-state index is 11.9. The fourth-order valence-electron chi connectivity index (χ4n) is 1.44. The molecule has 0 aliphatic carbocycles. The number of nitrogens with two attached hydrogens (primary N) is 1. The third kappa shape index (κ3) is 5.06. The van der Waals surface area contributed by atoms with Gasteiger partial charge in [0.2, 0.25) is 0 Å². The first-order valence-corrected chi connectivity index (χ1v) is 6.77. The van der Waals surface area contributed by atoms with Crippen molar-refractivity contribution in [3.8, 4) is 5.75 Å². The predicted octanol–water partition coefficient (Wildman–Crippen LogP) is 2.31. The predicted molar refractivity (Wildman–Crippen MR) is 75.9 cm³/mol. The lowest BCUT2D eigenvalue weighted by Crippen LogP contribution is -2.26. The first-order valence-electron chi connectivity index (χ1n) is 5.98. The van der Waals surface area contributed by atoms with E-state index in [0.29, 0.717) is 24.4 Å². The minimum Gasteiger partial charge on any atom is -0.491 e. The minimum absolute atomic E-state index is 0.0763. The molecule has 100 valence electrons. The highest BCUT2D eigenvalue weighted by Crippen LogP contribution is 2.22. The monoisotopic (exact) mass is 314 g/mol. The number of rotatable bonds is 6. The molecule has 1 aromatic rings. The van der Waals surface area contributed by atoms with E-state index in [-0.39, 0.29) is 12.0 Å². The molecule has 0 unspecified atom stereocenters. The molecule has 1 rings (SSSR count). The number of carbonyl (C=O) groups excluding carboxylic acids is 1. The number of nitrogens with one attached hydrogen (secondary N) is 1. The van der Waals surface area contributed by atoms with E-state index in [2.05, 4.69) is 21.2 Å². The second-order valence-electron chi connectivity index (χ2n) is 4.24. The summed E-state index contributed by atoms with van der Waals surface area (Å²) in [6, 6.07) is 5.35. The van der Waals surface area contributed by atoms with Gasteiger partial charge in [-0.05, 0) is 45.0 Å². The number of hydrogen-bond acceptors (Lipinski definition) is 3. The molecule has 18 heavy (non-hydrogen) atoms. The summed E-state index contributed by atoms with van der Waals surface area (Å²) >= 11 is 3.37. The van der Waals surface area contributed by atoms with Gasteiger partial charge < -0.3 is 15.8 Å². The highest BCUT2D eigenvalue weighted by atomic mass is 79.9. The van der Waals surface area contributed by atoms with Crippen molar-refractivity contribution in [2.45, 2.75) is 26.4 Å². The molecule has 1 amide bonds. The molecule has 0 saturated carbocycles. The molecule has 5 heteroatoms. The van der Waals surface area contributed by atoms with Crippen LogP contribution in [-0.2, 0) is 0 Å². The van der Waals surface area contributed by atoms with E-state index in [1.807, 2.05) is 19.9 Å². The summed E-state index contributed by atoms with van der Waals surface area (Å²) in [6.45, 7) is 5.05. The lowest BCUT2D eigenvalue weighted by molar-refractivity contribution is 0.0952. The first-order chi connectivity index (χ1) is 8.52. The Kier molecular flexibility index (Phi) is 6.15. The number of halogens is 1. The summed E-state index contributed by atoms with van der Waals surface area (Å²) in [5, 5.41) is 2.81. The third-order valence-electron chi connectivity index (χ3n) is 2.17. The maximum Gasteiger partial charge on any atom is 0.251 e. The molecule has 0 aliphatic rings. The SMILES string of the molecule is CC(C)Oc1cc(Br)cc(C(=O)NCCCN)c1. The smallest absolute Gasteiger partial charge is 0.251 e. The third-order valence-corrected chi connectivity index (χ3v) is 2.63. The summed E-state index contributed by atoms with van der Waals surface area (Å²) in [4.78, 5) is 11.9. The molecule has 0 bridgehead atoms. The Bertz CT molecular complexity index is 408. The topological polar surface area (TPSA) is 64.3 Å². The van der Waals surface area contributed by atoms with Crippen LogP contribution in [0.3, 0.4) is 0 Å². The molecule has 0 fully saturated rings. The number of benzene rings is 1. The van der Waals surface area contributed by atoms with Crippen LogP contribution < -0.4 is 15.8 Å². The van der Waals surface area contributed by atoms with Crippen LogP contribution in [0.4, 0.5) is 0 Å². The van der Waals surface area contributed by atoms with E-state index in [4.69, 9.17) is 10.5 Å². The molecule has 3 N–H and O–H groups in total. The van der Waals surface area contributed by atoms with Gasteiger partial charge in [-0.1, -0.05) is 15.9 Å². The van der Waals surface area contributed by atoms with Crippen LogP contribution >= 0.6 is 15.9 Å². The molecular formula is C13H19BrN2O2. The van der Waals surface area contributed by atoms with Gasteiger partial charge in [0, 0.05) is 16.6 Å². The Morgan fingerprint density at radius 1 is 1.44 bits per heavy atom. The molecule has 0 heterocycles. The minimum atomic E-state index is -0.113. The Balaban J connectivity index is 2.75. The van der Waals surface area contributed by atoms with Crippen LogP contribution in [0.5, 0.6) is 5.75 Å². The van der Waals surface area contributed by atoms with Crippen molar-refractivity contribution in [2.75, 3.05) is 13.1 Å². The molecule has 0 saturated heterocycles. The van der Waals surface area contributed by atoms with Crippen LogP contribution in [-0.4, -0.2) is 25.1 Å². The van der Waals surface area contributed by atoms with Gasteiger partial charge in [-0.25, -0.2) is 0 Å². The Morgan fingerprint density at radius 2 is 2.17 bits per heavy atom. The van der Waals surface area contributed by atoms with Gasteiger partial charge in [0.15, 0.2) is 0 Å². The summed E-state index contributed by atoms with van der Waals surface area (Å²) in [7, 11) is 0. The molecule has 0 atom stereocenters. The van der Waals surface area contributed by atoms with E-state index in [1.54, 1.807) is 12.1 Å². The molecule has 0 spiro atoms. The lowest BCUT2D eigenvalue weighted by Gasteiger charge is -2.12. The lowest BCUT2D eigenvalue weighted by atomic mass is 10.2. The number of carbonyl (C=O) groups is 1. The van der Waals surface area contributed by atoms with Crippen LogP contribution in [0.25, 0.3) is 0 Å². The van der Waals surface area contributed by atoms with Crippen molar-refractivity contribution in [1.82, 2.24) is 5.32 Å². The van der Waals surface area contributed by atoms with Crippen molar-refractivity contribution >= 4 is 21.8 Å². The van der Waals surface area contributed by atoms with Crippen molar-refractivity contribution < 1.29 is 9.53 Å². The summed E-state index contributed by atoms with van der Waals surface area (Å²) in [5.74, 6) is 0.571. The largest absolute Gasteiger partial charge is 0.491 e. The van der Waals surface area contributed by atoms with Crippen LogP contribution in [0, 0.1) is 0 Å². The van der Waals surface area contributed by atoms with Crippen molar-refractivity contribution in [2.24, 2.45) is 5.73 Å². The van der Waals surface area contributed by atoms with E-state index in [0.717, 1.165) is 10.9 Å². The fourth-order valence-corrected chi connectivity index (χ4v) is 1.91. The van der Waals surface area contributed by atoms with Gasteiger partial charge in [0.1, 0.15) is 5.75 Å². The van der Waals surface area contributed by atoms with Crippen LogP contribution in [0.2, 0.25) is 0 Å². The second kappa shape index (κ2) is 7.38. The van der Waals surface area contributed by atoms with Gasteiger partial charge in [-0.3, -0.25) is 4.79 Å². The summed E-state index contributed by atoms with van der Waals surface area (Å²) < 4.78 is 6.41. The number of amides is 1. The molecule has 4 nitrogen and oxygen atoms in total. The zero-order valence-electron chi connectivity index (χ0n) is 10.7. The highest BCUT2D eigenvalue weighted by Gasteiger charge is 2.09. The van der Waals surface area contributed by atoms with E-state index >= 15 is 0 Å². The van der Waals surface area contributed by atoms with Crippen molar-refractivity contribution in [3.05, 3.63) is 28.2 Å². The van der Waals surface area contributed by atoms with Crippen LogP contribution in [0.15, 0.2) is 22.7 Å². The molecule has 0 aliphatic heterocycles. The maximum absolute atomic E-state index is 11.9. The van der Waals surface area contributed by atoms with E-state index in [1.165, 1.54) is 0 Å². The first kappa shape index (κ1) is 15.0. The number of hydrogen-bond donors (Lipinski definition) is 2. The molecular weight excluding hydrogens is 296 g/mol.